The average Bonchev–Trinajstić information content (AvgIpc) is 2.50. The van der Waals surface area contributed by atoms with Gasteiger partial charge in [0.05, 0.1) is 22.8 Å². The fourth-order valence-electron chi connectivity index (χ4n) is 3.22. The van der Waals surface area contributed by atoms with Gasteiger partial charge in [0.2, 0.25) is 0 Å². The lowest BCUT2D eigenvalue weighted by Gasteiger charge is -2.46. The molecule has 0 amide bonds. The van der Waals surface area contributed by atoms with E-state index in [1.807, 2.05) is 12.1 Å². The van der Waals surface area contributed by atoms with Gasteiger partial charge in [0.1, 0.15) is 0 Å². The number of hydrogen-bond donors (Lipinski definition) is 1. The summed E-state index contributed by atoms with van der Waals surface area (Å²) in [5, 5.41) is 0. The Morgan fingerprint density at radius 2 is 2.10 bits per heavy atom. The molecule has 1 aliphatic heterocycles. The second kappa shape index (κ2) is 6.44. The third-order valence-electron chi connectivity index (χ3n) is 4.40. The summed E-state index contributed by atoms with van der Waals surface area (Å²) in [6.45, 7) is 4.61. The maximum Gasteiger partial charge on any atom is 0.178 e. The Hall–Kier alpha value is -0.950. The van der Waals surface area contributed by atoms with Crippen molar-refractivity contribution in [2.24, 2.45) is 5.73 Å². The number of methoxy groups -OCH3 is 1. The van der Waals surface area contributed by atoms with Crippen molar-refractivity contribution in [2.45, 2.75) is 23.8 Å². The van der Waals surface area contributed by atoms with E-state index in [-0.39, 0.29) is 5.75 Å². The first-order valence-corrected chi connectivity index (χ1v) is 8.93. The molecule has 1 unspecified atom stereocenters. The molecule has 0 aliphatic carbocycles. The van der Waals surface area contributed by atoms with Crippen LogP contribution in [-0.2, 0) is 20.1 Å². The first kappa shape index (κ1) is 16.4. The second-order valence-electron chi connectivity index (χ2n) is 5.37. The Morgan fingerprint density at radius 1 is 1.38 bits per heavy atom. The molecular weight excluding hydrogens is 288 g/mol. The first-order valence-electron chi connectivity index (χ1n) is 7.28. The fraction of sp³-hybridized carbons (Fsp3) is 0.600. The molecule has 1 heterocycles. The average molecular weight is 312 g/mol. The molecule has 1 aromatic carbocycles. The van der Waals surface area contributed by atoms with Crippen LogP contribution in [0.15, 0.2) is 29.2 Å². The molecule has 1 atom stereocenters. The number of ether oxygens (including phenoxy) is 1. The van der Waals surface area contributed by atoms with E-state index in [2.05, 4.69) is 11.8 Å². The molecule has 1 aromatic rings. The van der Waals surface area contributed by atoms with E-state index in [9.17, 15) is 8.42 Å². The minimum Gasteiger partial charge on any atom is -0.383 e. The van der Waals surface area contributed by atoms with Crippen molar-refractivity contribution in [3.8, 4) is 0 Å². The molecular formula is C15H24N2O3S. The predicted molar refractivity (Wildman–Crippen MR) is 83.0 cm³/mol. The summed E-state index contributed by atoms with van der Waals surface area (Å²) in [4.78, 5) is 2.67. The van der Waals surface area contributed by atoms with Gasteiger partial charge >= 0.3 is 0 Å². The van der Waals surface area contributed by atoms with E-state index in [0.717, 1.165) is 18.7 Å². The quantitative estimate of drug-likeness (QED) is 0.848. The van der Waals surface area contributed by atoms with Gasteiger partial charge in [-0.1, -0.05) is 25.1 Å². The summed E-state index contributed by atoms with van der Waals surface area (Å²) in [5.41, 5.74) is 6.52. The highest BCUT2D eigenvalue weighted by molar-refractivity contribution is 7.91. The standard InChI is InChI=1S/C15H24N2O3S/c1-3-17(9-10-20-2)15(12-16)8-11-21(18,19)14-7-5-4-6-13(14)15/h4-7H,3,8-12,16H2,1-2H3. The predicted octanol–water partition coefficient (Wildman–Crippen LogP) is 0.986. The lowest BCUT2D eigenvalue weighted by Crippen LogP contribution is -2.55. The number of nitrogens with two attached hydrogens (primary N) is 1. The summed E-state index contributed by atoms with van der Waals surface area (Å²) < 4.78 is 29.8. The van der Waals surface area contributed by atoms with Crippen LogP contribution in [0.4, 0.5) is 0 Å². The molecule has 0 bridgehead atoms. The van der Waals surface area contributed by atoms with E-state index in [1.165, 1.54) is 0 Å². The third kappa shape index (κ3) is 2.85. The van der Waals surface area contributed by atoms with Crippen LogP contribution in [-0.4, -0.2) is 52.4 Å². The number of sulfone groups is 1. The smallest absolute Gasteiger partial charge is 0.178 e. The molecule has 1 aliphatic rings. The molecule has 0 aromatic heterocycles. The number of fused-ring (bicyclic) bond motifs is 1. The summed E-state index contributed by atoms with van der Waals surface area (Å²) in [6.07, 6.45) is 0.528. The molecule has 2 N–H and O–H groups in total. The minimum absolute atomic E-state index is 0.144. The maximum absolute atomic E-state index is 12.3. The zero-order chi connectivity index (χ0) is 15.5. The molecule has 5 nitrogen and oxygen atoms in total. The van der Waals surface area contributed by atoms with Crippen LogP contribution in [0.1, 0.15) is 18.9 Å². The van der Waals surface area contributed by atoms with Gasteiger partial charge in [0.25, 0.3) is 0 Å². The molecule has 0 saturated carbocycles. The Kier molecular flexibility index (Phi) is 5.03. The largest absolute Gasteiger partial charge is 0.383 e. The van der Waals surface area contributed by atoms with Crippen molar-refractivity contribution in [3.63, 3.8) is 0 Å². The Morgan fingerprint density at radius 3 is 2.71 bits per heavy atom. The molecule has 0 fully saturated rings. The van der Waals surface area contributed by atoms with Crippen LogP contribution in [0.3, 0.4) is 0 Å². The highest BCUT2D eigenvalue weighted by atomic mass is 32.2. The van der Waals surface area contributed by atoms with E-state index >= 15 is 0 Å². The topological polar surface area (TPSA) is 72.6 Å². The van der Waals surface area contributed by atoms with Crippen LogP contribution in [0.25, 0.3) is 0 Å². The van der Waals surface area contributed by atoms with Gasteiger partial charge < -0.3 is 10.5 Å². The van der Waals surface area contributed by atoms with Gasteiger partial charge in [-0.15, -0.1) is 0 Å². The van der Waals surface area contributed by atoms with Gasteiger partial charge in [-0.25, -0.2) is 8.42 Å². The summed E-state index contributed by atoms with van der Waals surface area (Å²) in [6, 6.07) is 7.25. The van der Waals surface area contributed by atoms with Crippen LogP contribution < -0.4 is 5.73 Å². The first-order chi connectivity index (χ1) is 10.0. The normalized spacial score (nSPS) is 24.0. The Balaban J connectivity index is 2.53. The lowest BCUT2D eigenvalue weighted by molar-refractivity contribution is 0.0561. The maximum atomic E-state index is 12.3. The fourth-order valence-corrected chi connectivity index (χ4v) is 4.92. The summed E-state index contributed by atoms with van der Waals surface area (Å²) in [5.74, 6) is 0.144. The second-order valence-corrected chi connectivity index (χ2v) is 7.45. The number of benzene rings is 1. The monoisotopic (exact) mass is 312 g/mol. The van der Waals surface area contributed by atoms with Gasteiger partial charge in [-0.2, -0.15) is 0 Å². The molecule has 0 spiro atoms. The lowest BCUT2D eigenvalue weighted by atomic mass is 9.84. The van der Waals surface area contributed by atoms with Crippen molar-refractivity contribution < 1.29 is 13.2 Å². The van der Waals surface area contributed by atoms with Gasteiger partial charge in [-0.05, 0) is 24.6 Å². The number of rotatable bonds is 6. The number of hydrogen-bond acceptors (Lipinski definition) is 5. The van der Waals surface area contributed by atoms with Gasteiger partial charge in [-0.3, -0.25) is 4.90 Å². The van der Waals surface area contributed by atoms with Crippen LogP contribution in [0, 0.1) is 0 Å². The van der Waals surface area contributed by atoms with Crippen molar-refractivity contribution in [1.82, 2.24) is 4.90 Å². The SMILES string of the molecule is CCN(CCOC)C1(CN)CCS(=O)(=O)c2ccccc21. The van der Waals surface area contributed by atoms with E-state index in [1.54, 1.807) is 19.2 Å². The Bertz CT molecular complexity index is 588. The molecule has 6 heteroatoms. The molecule has 0 radical (unpaired) electrons. The zero-order valence-corrected chi connectivity index (χ0v) is 13.5. The van der Waals surface area contributed by atoms with Gasteiger partial charge in [0.15, 0.2) is 9.84 Å². The van der Waals surface area contributed by atoms with Crippen molar-refractivity contribution in [3.05, 3.63) is 29.8 Å². The van der Waals surface area contributed by atoms with Crippen LogP contribution in [0.5, 0.6) is 0 Å². The summed E-state index contributed by atoms with van der Waals surface area (Å²) in [7, 11) is -1.53. The molecule has 2 rings (SSSR count). The number of nitrogens with zero attached hydrogens (tertiary/aromatic N) is 1. The van der Waals surface area contributed by atoms with E-state index < -0.39 is 15.4 Å². The van der Waals surface area contributed by atoms with Gasteiger partial charge in [0, 0.05) is 20.2 Å². The van der Waals surface area contributed by atoms with Crippen molar-refractivity contribution in [2.75, 3.05) is 39.1 Å². The molecule has 0 saturated heterocycles. The minimum atomic E-state index is -3.20. The van der Waals surface area contributed by atoms with Crippen molar-refractivity contribution >= 4 is 9.84 Å². The molecule has 118 valence electrons. The van der Waals surface area contributed by atoms with E-state index in [4.69, 9.17) is 10.5 Å². The van der Waals surface area contributed by atoms with Crippen LogP contribution >= 0.6 is 0 Å². The zero-order valence-electron chi connectivity index (χ0n) is 12.7. The highest BCUT2D eigenvalue weighted by Crippen LogP contribution is 2.40. The number of likely N-dealkylation sites (N-methyl/N-ethyl adjacent to an activating group) is 1. The Labute approximate surface area is 127 Å². The third-order valence-corrected chi connectivity index (χ3v) is 6.17. The summed E-state index contributed by atoms with van der Waals surface area (Å²) >= 11 is 0. The van der Waals surface area contributed by atoms with Crippen LogP contribution in [0.2, 0.25) is 0 Å². The molecule has 21 heavy (non-hydrogen) atoms. The van der Waals surface area contributed by atoms with Crippen molar-refractivity contribution in [1.29, 1.82) is 0 Å². The highest BCUT2D eigenvalue weighted by Gasteiger charge is 2.44. The van der Waals surface area contributed by atoms with E-state index in [0.29, 0.717) is 24.5 Å².